The van der Waals surface area contributed by atoms with Crippen LogP contribution in [0, 0.1) is 11.3 Å². The van der Waals surface area contributed by atoms with E-state index in [1.165, 1.54) is 0 Å². The zero-order valence-corrected chi connectivity index (χ0v) is 13.9. The summed E-state index contributed by atoms with van der Waals surface area (Å²) in [5.74, 6) is 1.36. The standard InChI is InChI=1S/C19H18ClNO2/c1-3-22-18-10-9-14(12-19(18)23-4-2)11-15(13-21)16-7-5-6-8-17(16)20/h5-12H,3-4H2,1-2H3. The van der Waals surface area contributed by atoms with Crippen molar-refractivity contribution in [1.29, 1.82) is 5.26 Å². The van der Waals surface area contributed by atoms with Crippen molar-refractivity contribution in [1.82, 2.24) is 0 Å². The van der Waals surface area contributed by atoms with Crippen LogP contribution in [0.5, 0.6) is 11.5 Å². The van der Waals surface area contributed by atoms with Gasteiger partial charge in [0.25, 0.3) is 0 Å². The van der Waals surface area contributed by atoms with Crippen molar-refractivity contribution in [2.45, 2.75) is 13.8 Å². The highest BCUT2D eigenvalue weighted by Gasteiger charge is 2.08. The van der Waals surface area contributed by atoms with Gasteiger partial charge in [-0.15, -0.1) is 0 Å². The molecule has 0 amide bonds. The van der Waals surface area contributed by atoms with Crippen molar-refractivity contribution >= 4 is 23.3 Å². The Hall–Kier alpha value is -2.44. The minimum atomic E-state index is 0.502. The van der Waals surface area contributed by atoms with Crippen LogP contribution >= 0.6 is 11.6 Å². The Morgan fingerprint density at radius 3 is 2.43 bits per heavy atom. The van der Waals surface area contributed by atoms with Crippen molar-refractivity contribution in [3.63, 3.8) is 0 Å². The highest BCUT2D eigenvalue weighted by Crippen LogP contribution is 2.31. The maximum absolute atomic E-state index is 9.44. The molecule has 3 nitrogen and oxygen atoms in total. The smallest absolute Gasteiger partial charge is 0.161 e. The van der Waals surface area contributed by atoms with Crippen LogP contribution in [-0.4, -0.2) is 13.2 Å². The van der Waals surface area contributed by atoms with E-state index in [1.807, 2.05) is 50.2 Å². The predicted molar refractivity (Wildman–Crippen MR) is 93.7 cm³/mol. The predicted octanol–water partition coefficient (Wildman–Crippen LogP) is 5.20. The van der Waals surface area contributed by atoms with Crippen LogP contribution < -0.4 is 9.47 Å². The second-order valence-corrected chi connectivity index (χ2v) is 5.13. The van der Waals surface area contributed by atoms with Gasteiger partial charge in [0.05, 0.1) is 24.9 Å². The van der Waals surface area contributed by atoms with Crippen LogP contribution in [0.25, 0.3) is 11.6 Å². The molecule has 0 saturated carbocycles. The largest absolute Gasteiger partial charge is 0.490 e. The Labute approximate surface area is 141 Å². The summed E-state index contributed by atoms with van der Waals surface area (Å²) in [7, 11) is 0. The molecule has 23 heavy (non-hydrogen) atoms. The first-order valence-electron chi connectivity index (χ1n) is 7.46. The molecule has 0 N–H and O–H groups in total. The Morgan fingerprint density at radius 2 is 1.78 bits per heavy atom. The summed E-state index contributed by atoms with van der Waals surface area (Å²) in [6.45, 7) is 4.96. The summed E-state index contributed by atoms with van der Waals surface area (Å²) < 4.78 is 11.2. The Balaban J connectivity index is 2.42. The average molecular weight is 328 g/mol. The maximum Gasteiger partial charge on any atom is 0.161 e. The highest BCUT2D eigenvalue weighted by atomic mass is 35.5. The van der Waals surface area contributed by atoms with Gasteiger partial charge >= 0.3 is 0 Å². The van der Waals surface area contributed by atoms with E-state index in [0.717, 1.165) is 5.56 Å². The van der Waals surface area contributed by atoms with E-state index in [0.29, 0.717) is 40.9 Å². The van der Waals surface area contributed by atoms with E-state index >= 15 is 0 Å². The van der Waals surface area contributed by atoms with Gasteiger partial charge < -0.3 is 9.47 Å². The van der Waals surface area contributed by atoms with E-state index in [4.69, 9.17) is 21.1 Å². The number of hydrogen-bond donors (Lipinski definition) is 0. The average Bonchev–Trinajstić information content (AvgIpc) is 2.56. The van der Waals surface area contributed by atoms with Gasteiger partial charge in [-0.3, -0.25) is 0 Å². The first kappa shape index (κ1) is 16.9. The molecule has 0 radical (unpaired) electrons. The molecule has 0 aliphatic carbocycles. The second-order valence-electron chi connectivity index (χ2n) is 4.72. The molecule has 0 unspecified atom stereocenters. The van der Waals surface area contributed by atoms with Crippen molar-refractivity contribution < 1.29 is 9.47 Å². The fraction of sp³-hybridized carbons (Fsp3) is 0.211. The Bertz CT molecular complexity index is 747. The summed E-state index contributed by atoms with van der Waals surface area (Å²) in [6, 6.07) is 15.1. The molecule has 0 bridgehead atoms. The van der Waals surface area contributed by atoms with Crippen LogP contribution in [0.2, 0.25) is 5.02 Å². The molecule has 2 aromatic rings. The summed E-state index contributed by atoms with van der Waals surface area (Å²) in [6.07, 6.45) is 1.79. The van der Waals surface area contributed by atoms with E-state index in [-0.39, 0.29) is 0 Å². The van der Waals surface area contributed by atoms with E-state index in [2.05, 4.69) is 6.07 Å². The lowest BCUT2D eigenvalue weighted by Gasteiger charge is -2.11. The highest BCUT2D eigenvalue weighted by molar-refractivity contribution is 6.32. The Kier molecular flexibility index (Phi) is 6.08. The van der Waals surface area contributed by atoms with Gasteiger partial charge in [0, 0.05) is 10.6 Å². The number of ether oxygens (including phenoxy) is 2. The van der Waals surface area contributed by atoms with Gasteiger partial charge in [-0.1, -0.05) is 35.9 Å². The molecule has 2 rings (SSSR count). The van der Waals surface area contributed by atoms with Crippen LogP contribution in [0.3, 0.4) is 0 Å². The van der Waals surface area contributed by atoms with Gasteiger partial charge in [0.15, 0.2) is 11.5 Å². The lowest BCUT2D eigenvalue weighted by Crippen LogP contribution is -1.98. The minimum Gasteiger partial charge on any atom is -0.490 e. The molecule has 118 valence electrons. The van der Waals surface area contributed by atoms with E-state index in [1.54, 1.807) is 12.1 Å². The molecule has 0 saturated heterocycles. The monoisotopic (exact) mass is 327 g/mol. The summed E-state index contributed by atoms with van der Waals surface area (Å²) in [5.41, 5.74) is 2.07. The minimum absolute atomic E-state index is 0.502. The van der Waals surface area contributed by atoms with Crippen molar-refractivity contribution in [3.8, 4) is 17.6 Å². The molecule has 0 atom stereocenters. The molecular formula is C19H18ClNO2. The number of hydrogen-bond acceptors (Lipinski definition) is 3. The first-order valence-corrected chi connectivity index (χ1v) is 7.83. The fourth-order valence-electron chi connectivity index (χ4n) is 2.17. The molecule has 0 fully saturated rings. The molecular weight excluding hydrogens is 310 g/mol. The third-order valence-corrected chi connectivity index (χ3v) is 3.49. The number of nitrogens with zero attached hydrogens (tertiary/aromatic N) is 1. The van der Waals surface area contributed by atoms with E-state index in [9.17, 15) is 5.26 Å². The SMILES string of the molecule is CCOc1ccc(C=C(C#N)c2ccccc2Cl)cc1OCC. The topological polar surface area (TPSA) is 42.2 Å². The van der Waals surface area contributed by atoms with E-state index < -0.39 is 0 Å². The van der Waals surface area contributed by atoms with Crippen LogP contribution in [0.15, 0.2) is 42.5 Å². The zero-order valence-electron chi connectivity index (χ0n) is 13.2. The number of allylic oxidation sites excluding steroid dienone is 1. The van der Waals surface area contributed by atoms with Crippen molar-refractivity contribution in [2.75, 3.05) is 13.2 Å². The third-order valence-electron chi connectivity index (χ3n) is 3.16. The molecule has 2 aromatic carbocycles. The molecule has 0 aliphatic rings. The van der Waals surface area contributed by atoms with Gasteiger partial charge in [-0.2, -0.15) is 5.26 Å². The van der Waals surface area contributed by atoms with Gasteiger partial charge in [0.2, 0.25) is 0 Å². The van der Waals surface area contributed by atoms with Crippen molar-refractivity contribution in [3.05, 3.63) is 58.6 Å². The van der Waals surface area contributed by atoms with Gasteiger partial charge in [-0.25, -0.2) is 0 Å². The molecule has 0 spiro atoms. The summed E-state index contributed by atoms with van der Waals surface area (Å²) in [4.78, 5) is 0. The fourth-order valence-corrected chi connectivity index (χ4v) is 2.41. The first-order chi connectivity index (χ1) is 11.2. The molecule has 0 aliphatic heterocycles. The van der Waals surface area contributed by atoms with Crippen LogP contribution in [0.4, 0.5) is 0 Å². The molecule has 0 heterocycles. The maximum atomic E-state index is 9.44. The Morgan fingerprint density at radius 1 is 1.09 bits per heavy atom. The molecule has 4 heteroatoms. The number of rotatable bonds is 6. The molecule has 0 aromatic heterocycles. The van der Waals surface area contributed by atoms with Crippen molar-refractivity contribution in [2.24, 2.45) is 0 Å². The number of nitriles is 1. The van der Waals surface area contributed by atoms with Crippen LogP contribution in [0.1, 0.15) is 25.0 Å². The lowest BCUT2D eigenvalue weighted by molar-refractivity contribution is 0.287. The third kappa shape index (κ3) is 4.28. The van der Waals surface area contributed by atoms with Crippen LogP contribution in [-0.2, 0) is 0 Å². The number of benzene rings is 2. The van der Waals surface area contributed by atoms with Gasteiger partial charge in [-0.05, 0) is 43.7 Å². The number of halogens is 1. The normalized spacial score (nSPS) is 11.0. The lowest BCUT2D eigenvalue weighted by atomic mass is 10.0. The zero-order chi connectivity index (χ0) is 16.7. The quantitative estimate of drug-likeness (QED) is 0.541. The summed E-state index contributed by atoms with van der Waals surface area (Å²) in [5, 5.41) is 10.00. The summed E-state index contributed by atoms with van der Waals surface area (Å²) >= 11 is 6.17. The second kappa shape index (κ2) is 8.26. The van der Waals surface area contributed by atoms with Gasteiger partial charge in [0.1, 0.15) is 0 Å².